The lowest BCUT2D eigenvalue weighted by Gasteiger charge is -2.31. The minimum absolute atomic E-state index is 0.00431. The number of terminal acetylenes is 1. The van der Waals surface area contributed by atoms with Crippen LogP contribution in [0.25, 0.3) is 32.9 Å². The molecule has 6 rings (SSSR count). The van der Waals surface area contributed by atoms with Crippen LogP contribution in [0.15, 0.2) is 30.5 Å². The Kier molecular flexibility index (Phi) is 5.27. The zero-order valence-corrected chi connectivity index (χ0v) is 19.8. The van der Waals surface area contributed by atoms with Crippen LogP contribution in [-0.4, -0.2) is 50.2 Å². The number of pyridine rings is 1. The molecule has 2 aromatic carbocycles. The highest BCUT2D eigenvalue weighted by Crippen LogP contribution is 2.40. The lowest BCUT2D eigenvalue weighted by atomic mass is 9.95. The third kappa shape index (κ3) is 3.46. The Balaban J connectivity index is 1.47. The van der Waals surface area contributed by atoms with E-state index in [9.17, 15) is 9.50 Å². The summed E-state index contributed by atoms with van der Waals surface area (Å²) in [6.07, 6.45) is 11.5. The van der Waals surface area contributed by atoms with Crippen molar-refractivity contribution >= 4 is 21.7 Å². The summed E-state index contributed by atoms with van der Waals surface area (Å²) in [4.78, 5) is 15.6. The minimum Gasteiger partial charge on any atom is -0.508 e. The molecule has 2 aliphatic rings. The maximum absolute atomic E-state index is 16.0. The number of benzene rings is 2. The molecule has 0 spiro atoms. The van der Waals surface area contributed by atoms with Gasteiger partial charge in [-0.3, -0.25) is 9.88 Å². The van der Waals surface area contributed by atoms with Gasteiger partial charge in [0.05, 0.1) is 16.8 Å². The Morgan fingerprint density at radius 2 is 1.94 bits per heavy atom. The molecule has 4 aromatic rings. The molecule has 0 atom stereocenters. The van der Waals surface area contributed by atoms with Gasteiger partial charge in [0.15, 0.2) is 5.82 Å². The average molecular weight is 487 g/mol. The van der Waals surface area contributed by atoms with E-state index in [2.05, 4.69) is 25.8 Å². The van der Waals surface area contributed by atoms with Crippen molar-refractivity contribution in [2.75, 3.05) is 19.7 Å². The maximum atomic E-state index is 16.0. The van der Waals surface area contributed by atoms with E-state index in [1.165, 1.54) is 30.5 Å². The summed E-state index contributed by atoms with van der Waals surface area (Å²) in [6.45, 7) is 4.36. The SMILES string of the molecule is C#Cc1c(F)ccc2cc(O)cc(-c3ncc4c(C)nc(OCC56CCCN5CCC6)nc4c3F)c12. The molecule has 182 valence electrons. The lowest BCUT2D eigenvalue weighted by molar-refractivity contribution is 0.107. The second-order valence-corrected chi connectivity index (χ2v) is 9.64. The zero-order valence-electron chi connectivity index (χ0n) is 19.8. The molecule has 2 aromatic heterocycles. The van der Waals surface area contributed by atoms with Crippen LogP contribution >= 0.6 is 0 Å². The molecule has 8 heteroatoms. The van der Waals surface area contributed by atoms with Crippen molar-refractivity contribution in [1.29, 1.82) is 0 Å². The summed E-state index contributed by atoms with van der Waals surface area (Å²) in [5.41, 5.74) is 0.655. The largest absolute Gasteiger partial charge is 0.508 e. The van der Waals surface area contributed by atoms with Crippen molar-refractivity contribution in [1.82, 2.24) is 19.9 Å². The van der Waals surface area contributed by atoms with Crippen LogP contribution in [0.2, 0.25) is 0 Å². The lowest BCUT2D eigenvalue weighted by Crippen LogP contribution is -2.43. The van der Waals surface area contributed by atoms with E-state index in [4.69, 9.17) is 11.2 Å². The average Bonchev–Trinajstić information content (AvgIpc) is 3.44. The normalized spacial score (nSPS) is 16.9. The van der Waals surface area contributed by atoms with Crippen molar-refractivity contribution in [3.05, 3.63) is 53.4 Å². The number of phenols is 1. The van der Waals surface area contributed by atoms with E-state index < -0.39 is 11.6 Å². The van der Waals surface area contributed by atoms with Crippen molar-refractivity contribution in [2.45, 2.75) is 38.1 Å². The third-order valence-electron chi connectivity index (χ3n) is 7.59. The number of phenolic OH excluding ortho intramolecular Hbond substituents is 1. The number of hydrogen-bond acceptors (Lipinski definition) is 6. The van der Waals surface area contributed by atoms with Gasteiger partial charge in [-0.2, -0.15) is 9.97 Å². The molecular formula is C28H24F2N4O2. The molecule has 0 unspecified atom stereocenters. The Morgan fingerprint density at radius 3 is 2.69 bits per heavy atom. The van der Waals surface area contributed by atoms with Crippen LogP contribution in [0.4, 0.5) is 8.78 Å². The first kappa shape index (κ1) is 22.6. The highest BCUT2D eigenvalue weighted by atomic mass is 19.1. The smallest absolute Gasteiger partial charge is 0.317 e. The van der Waals surface area contributed by atoms with Crippen molar-refractivity contribution in [2.24, 2.45) is 0 Å². The highest BCUT2D eigenvalue weighted by molar-refractivity contribution is 6.02. The highest BCUT2D eigenvalue weighted by Gasteiger charge is 2.45. The zero-order chi connectivity index (χ0) is 25.0. The fourth-order valence-electron chi connectivity index (χ4n) is 5.84. The van der Waals surface area contributed by atoms with Crippen molar-refractivity contribution < 1.29 is 18.6 Å². The number of rotatable bonds is 4. The van der Waals surface area contributed by atoms with E-state index in [0.29, 0.717) is 28.5 Å². The quantitative estimate of drug-likeness (QED) is 0.404. The summed E-state index contributed by atoms with van der Waals surface area (Å²) in [7, 11) is 0. The Hall–Kier alpha value is -3.83. The molecule has 0 radical (unpaired) electrons. The van der Waals surface area contributed by atoms with Crippen LogP contribution in [0, 0.1) is 30.9 Å². The third-order valence-corrected chi connectivity index (χ3v) is 7.59. The van der Waals surface area contributed by atoms with Crippen LogP contribution < -0.4 is 4.74 Å². The number of nitrogens with zero attached hydrogens (tertiary/aromatic N) is 4. The predicted octanol–water partition coefficient (Wildman–Crippen LogP) is 5.13. The molecule has 2 aliphatic heterocycles. The van der Waals surface area contributed by atoms with Crippen LogP contribution in [0.5, 0.6) is 11.8 Å². The molecule has 0 amide bonds. The van der Waals surface area contributed by atoms with Gasteiger partial charge in [-0.15, -0.1) is 6.42 Å². The van der Waals surface area contributed by atoms with E-state index in [1.54, 1.807) is 6.92 Å². The standard InChI is InChI=1S/C28H24F2N4O2/c1-3-19-22(29)7-6-17-12-18(35)13-20(23(17)19)25-24(30)26-21(14-31-25)16(2)32-27(33-26)36-15-28-8-4-10-34(28)11-5-9-28/h1,6-7,12-14,35H,4-5,8-11,15H2,2H3. The van der Waals surface area contributed by atoms with Gasteiger partial charge in [0.1, 0.15) is 29.4 Å². The predicted molar refractivity (Wildman–Crippen MR) is 133 cm³/mol. The molecule has 0 bridgehead atoms. The number of hydrogen-bond donors (Lipinski definition) is 1. The first-order chi connectivity index (χ1) is 17.4. The number of aromatic nitrogens is 3. The van der Waals surface area contributed by atoms with Gasteiger partial charge < -0.3 is 9.84 Å². The summed E-state index contributed by atoms with van der Waals surface area (Å²) >= 11 is 0. The minimum atomic E-state index is -0.719. The topological polar surface area (TPSA) is 71.4 Å². The Labute approximate surface area is 207 Å². The van der Waals surface area contributed by atoms with Crippen LogP contribution in [-0.2, 0) is 0 Å². The van der Waals surface area contributed by atoms with Gasteiger partial charge in [-0.05, 0) is 69.3 Å². The molecule has 2 saturated heterocycles. The number of aromatic hydroxyl groups is 1. The van der Waals surface area contributed by atoms with Gasteiger partial charge in [0.25, 0.3) is 0 Å². The monoisotopic (exact) mass is 486 g/mol. The van der Waals surface area contributed by atoms with Crippen LogP contribution in [0.3, 0.4) is 0 Å². The molecule has 0 aliphatic carbocycles. The Bertz CT molecular complexity index is 1570. The fraction of sp³-hybridized carbons (Fsp3) is 0.321. The van der Waals surface area contributed by atoms with Crippen molar-refractivity contribution in [3.63, 3.8) is 0 Å². The van der Waals surface area contributed by atoms with Gasteiger partial charge in [-0.1, -0.05) is 12.0 Å². The summed E-state index contributed by atoms with van der Waals surface area (Å²) < 4.78 is 36.6. The Morgan fingerprint density at radius 1 is 1.17 bits per heavy atom. The van der Waals surface area contributed by atoms with Gasteiger partial charge >= 0.3 is 6.01 Å². The second-order valence-electron chi connectivity index (χ2n) is 9.64. The van der Waals surface area contributed by atoms with E-state index >= 15 is 4.39 Å². The first-order valence-electron chi connectivity index (χ1n) is 12.0. The van der Waals surface area contributed by atoms with Crippen LogP contribution in [0.1, 0.15) is 36.9 Å². The molecule has 4 heterocycles. The van der Waals surface area contributed by atoms with Gasteiger partial charge in [-0.25, -0.2) is 8.78 Å². The molecule has 6 nitrogen and oxygen atoms in total. The number of ether oxygens (including phenoxy) is 1. The fourth-order valence-corrected chi connectivity index (χ4v) is 5.84. The summed E-state index contributed by atoms with van der Waals surface area (Å²) in [5.74, 6) is 0.899. The summed E-state index contributed by atoms with van der Waals surface area (Å²) in [6, 6.07) is 5.60. The number of fused-ring (bicyclic) bond motifs is 3. The summed E-state index contributed by atoms with van der Waals surface area (Å²) in [5, 5.41) is 11.5. The van der Waals surface area contributed by atoms with E-state index in [1.807, 2.05) is 0 Å². The van der Waals surface area contributed by atoms with Gasteiger partial charge in [0, 0.05) is 22.5 Å². The molecule has 36 heavy (non-hydrogen) atoms. The van der Waals surface area contributed by atoms with Gasteiger partial charge in [0.2, 0.25) is 0 Å². The maximum Gasteiger partial charge on any atom is 0.317 e. The second kappa shape index (κ2) is 8.38. The van der Waals surface area contributed by atoms with E-state index in [-0.39, 0.29) is 39.6 Å². The molecule has 1 N–H and O–H groups in total. The first-order valence-corrected chi connectivity index (χ1v) is 12.0. The number of aryl methyl sites for hydroxylation is 1. The molecule has 0 saturated carbocycles. The number of halogens is 2. The van der Waals surface area contributed by atoms with E-state index in [0.717, 1.165) is 38.8 Å². The molecular weight excluding hydrogens is 462 g/mol. The van der Waals surface area contributed by atoms with Crippen molar-refractivity contribution in [3.8, 4) is 35.4 Å². The molecule has 2 fully saturated rings.